The van der Waals surface area contributed by atoms with E-state index < -0.39 is 6.04 Å². The second kappa shape index (κ2) is 8.17. The summed E-state index contributed by atoms with van der Waals surface area (Å²) in [5.74, 6) is 1.23. The first-order chi connectivity index (χ1) is 11.1. The molecule has 5 nitrogen and oxygen atoms in total. The van der Waals surface area contributed by atoms with Crippen LogP contribution in [0.3, 0.4) is 0 Å². The Morgan fingerprint density at radius 2 is 1.83 bits per heavy atom. The summed E-state index contributed by atoms with van der Waals surface area (Å²) in [7, 11) is 1.58. The van der Waals surface area contributed by atoms with Crippen LogP contribution in [0.2, 0.25) is 0 Å². The zero-order valence-electron chi connectivity index (χ0n) is 13.4. The average molecular weight is 315 g/mol. The Morgan fingerprint density at radius 3 is 2.43 bits per heavy atom. The highest BCUT2D eigenvalue weighted by molar-refractivity contribution is 5.43. The van der Waals surface area contributed by atoms with Crippen LogP contribution in [0, 0.1) is 10.1 Å². The Kier molecular flexibility index (Phi) is 5.97. The van der Waals surface area contributed by atoms with Crippen molar-refractivity contribution in [3.05, 3.63) is 69.8 Å². The summed E-state index contributed by atoms with van der Waals surface area (Å²) in [5.41, 5.74) is 1.93. The van der Waals surface area contributed by atoms with E-state index in [1.54, 1.807) is 13.2 Å². The van der Waals surface area contributed by atoms with E-state index in [1.165, 1.54) is 0 Å². The molecule has 0 heterocycles. The molecule has 2 aromatic carbocycles. The van der Waals surface area contributed by atoms with E-state index in [-0.39, 0.29) is 4.92 Å². The van der Waals surface area contributed by atoms with Crippen molar-refractivity contribution in [3.63, 3.8) is 0 Å². The molecule has 122 valence electrons. The molecule has 0 saturated carbocycles. The van der Waals surface area contributed by atoms with Crippen molar-refractivity contribution >= 4 is 0 Å². The predicted octanol–water partition coefficient (Wildman–Crippen LogP) is 3.87. The van der Waals surface area contributed by atoms with Gasteiger partial charge in [0.05, 0.1) is 7.11 Å². The maximum atomic E-state index is 11.0. The summed E-state index contributed by atoms with van der Waals surface area (Å²) >= 11 is 0. The van der Waals surface area contributed by atoms with Crippen LogP contribution >= 0.6 is 0 Å². The molecule has 0 bridgehead atoms. The molecule has 0 fully saturated rings. The van der Waals surface area contributed by atoms with Gasteiger partial charge in [0, 0.05) is 17.8 Å². The minimum atomic E-state index is -0.578. The molecular formula is C18H21NO4. The van der Waals surface area contributed by atoms with Crippen LogP contribution in [-0.4, -0.2) is 18.1 Å². The molecule has 0 aliphatic heterocycles. The molecule has 0 N–H and O–H groups in total. The Balaban J connectivity index is 2.13. The molecule has 23 heavy (non-hydrogen) atoms. The van der Waals surface area contributed by atoms with Crippen LogP contribution in [0.15, 0.2) is 48.5 Å². The smallest absolute Gasteiger partial charge is 0.216 e. The van der Waals surface area contributed by atoms with Gasteiger partial charge in [-0.1, -0.05) is 43.3 Å². The number of benzene rings is 2. The lowest BCUT2D eigenvalue weighted by Crippen LogP contribution is -2.21. The summed E-state index contributed by atoms with van der Waals surface area (Å²) in [6, 6.07) is 14.7. The number of methoxy groups -OCH3 is 1. The quantitative estimate of drug-likeness (QED) is 0.548. The minimum Gasteiger partial charge on any atom is -0.493 e. The fraction of sp³-hybridized carbons (Fsp3) is 0.333. The highest BCUT2D eigenvalue weighted by Crippen LogP contribution is 2.29. The zero-order valence-corrected chi connectivity index (χ0v) is 13.4. The van der Waals surface area contributed by atoms with Crippen molar-refractivity contribution in [3.8, 4) is 11.5 Å². The Morgan fingerprint density at radius 1 is 1.09 bits per heavy atom. The number of nitro groups is 1. The van der Waals surface area contributed by atoms with Gasteiger partial charge in [0.2, 0.25) is 6.04 Å². The van der Waals surface area contributed by atoms with Crippen LogP contribution in [0.25, 0.3) is 0 Å². The van der Waals surface area contributed by atoms with E-state index in [0.29, 0.717) is 30.9 Å². The highest BCUT2D eigenvalue weighted by Gasteiger charge is 2.19. The second-order valence-corrected chi connectivity index (χ2v) is 5.31. The fourth-order valence-electron chi connectivity index (χ4n) is 2.34. The predicted molar refractivity (Wildman–Crippen MR) is 88.5 cm³/mol. The van der Waals surface area contributed by atoms with E-state index in [4.69, 9.17) is 9.47 Å². The van der Waals surface area contributed by atoms with Gasteiger partial charge in [-0.05, 0) is 23.3 Å². The first kappa shape index (κ1) is 16.8. The lowest BCUT2D eigenvalue weighted by Gasteiger charge is -2.13. The molecule has 0 spiro atoms. The standard InChI is InChI=1S/C18H21NO4/c1-3-16(19(20)21)11-15-9-10-17(22-2)18(12-15)23-13-14-7-5-4-6-8-14/h4-10,12,16H,3,11,13H2,1-2H3. The molecule has 1 atom stereocenters. The van der Waals surface area contributed by atoms with Gasteiger partial charge in [0.1, 0.15) is 6.61 Å². The lowest BCUT2D eigenvalue weighted by molar-refractivity contribution is -0.522. The molecule has 1 unspecified atom stereocenters. The molecule has 2 rings (SSSR count). The monoisotopic (exact) mass is 315 g/mol. The first-order valence-corrected chi connectivity index (χ1v) is 7.61. The van der Waals surface area contributed by atoms with Gasteiger partial charge in [0.25, 0.3) is 0 Å². The second-order valence-electron chi connectivity index (χ2n) is 5.31. The SMILES string of the molecule is CCC(Cc1ccc(OC)c(OCc2ccccc2)c1)[N+](=O)[O-]. The van der Waals surface area contributed by atoms with Gasteiger partial charge >= 0.3 is 0 Å². The maximum absolute atomic E-state index is 11.0. The van der Waals surface area contributed by atoms with E-state index >= 15 is 0 Å². The summed E-state index contributed by atoms with van der Waals surface area (Å²) in [6.07, 6.45) is 0.883. The van der Waals surface area contributed by atoms with E-state index in [9.17, 15) is 10.1 Å². The average Bonchev–Trinajstić information content (AvgIpc) is 2.58. The number of ether oxygens (including phenoxy) is 2. The first-order valence-electron chi connectivity index (χ1n) is 7.61. The summed E-state index contributed by atoms with van der Waals surface area (Å²) in [5, 5.41) is 11.0. The Bertz CT molecular complexity index is 643. The van der Waals surface area contributed by atoms with Crippen molar-refractivity contribution in [2.24, 2.45) is 0 Å². The third kappa shape index (κ3) is 4.71. The zero-order chi connectivity index (χ0) is 16.7. The molecule has 0 aliphatic rings. The Labute approximate surface area is 136 Å². The fourth-order valence-corrected chi connectivity index (χ4v) is 2.34. The highest BCUT2D eigenvalue weighted by atomic mass is 16.6. The number of rotatable bonds is 8. The van der Waals surface area contributed by atoms with Crippen molar-refractivity contribution in [2.75, 3.05) is 7.11 Å². The van der Waals surface area contributed by atoms with Crippen molar-refractivity contribution in [1.29, 1.82) is 0 Å². The van der Waals surface area contributed by atoms with Crippen LogP contribution in [0.1, 0.15) is 24.5 Å². The molecule has 0 radical (unpaired) electrons. The maximum Gasteiger partial charge on any atom is 0.216 e. The van der Waals surface area contributed by atoms with Crippen molar-refractivity contribution < 1.29 is 14.4 Å². The molecule has 0 saturated heterocycles. The van der Waals surface area contributed by atoms with Crippen LogP contribution in [0.4, 0.5) is 0 Å². The third-order valence-electron chi connectivity index (χ3n) is 3.71. The number of nitrogens with zero attached hydrogens (tertiary/aromatic N) is 1. The van der Waals surface area contributed by atoms with Gasteiger partial charge in [-0.15, -0.1) is 0 Å². The summed E-state index contributed by atoms with van der Waals surface area (Å²) < 4.78 is 11.1. The van der Waals surface area contributed by atoms with E-state index in [1.807, 2.05) is 49.4 Å². The number of hydrogen-bond donors (Lipinski definition) is 0. The van der Waals surface area contributed by atoms with Gasteiger partial charge in [-0.25, -0.2) is 0 Å². The topological polar surface area (TPSA) is 61.6 Å². The lowest BCUT2D eigenvalue weighted by atomic mass is 10.0. The van der Waals surface area contributed by atoms with Gasteiger partial charge in [-0.3, -0.25) is 10.1 Å². The molecule has 0 aromatic heterocycles. The van der Waals surface area contributed by atoms with E-state index in [0.717, 1.165) is 11.1 Å². The minimum absolute atomic E-state index is 0.227. The van der Waals surface area contributed by atoms with E-state index in [2.05, 4.69) is 0 Å². The molecule has 0 amide bonds. The Hall–Kier alpha value is -2.56. The largest absolute Gasteiger partial charge is 0.493 e. The van der Waals surface area contributed by atoms with Gasteiger partial charge in [0.15, 0.2) is 11.5 Å². The number of hydrogen-bond acceptors (Lipinski definition) is 4. The molecular weight excluding hydrogens is 294 g/mol. The molecule has 0 aliphatic carbocycles. The molecule has 2 aromatic rings. The summed E-state index contributed by atoms with van der Waals surface area (Å²) in [4.78, 5) is 10.8. The van der Waals surface area contributed by atoms with Crippen molar-refractivity contribution in [1.82, 2.24) is 0 Å². The normalized spacial score (nSPS) is 11.7. The van der Waals surface area contributed by atoms with Gasteiger partial charge < -0.3 is 9.47 Å². The van der Waals surface area contributed by atoms with Crippen LogP contribution in [0.5, 0.6) is 11.5 Å². The van der Waals surface area contributed by atoms with Crippen molar-refractivity contribution in [2.45, 2.75) is 32.4 Å². The van der Waals surface area contributed by atoms with Crippen LogP contribution < -0.4 is 9.47 Å². The van der Waals surface area contributed by atoms with Crippen LogP contribution in [-0.2, 0) is 13.0 Å². The van der Waals surface area contributed by atoms with Gasteiger partial charge in [-0.2, -0.15) is 0 Å². The summed E-state index contributed by atoms with van der Waals surface area (Å²) in [6.45, 7) is 2.25. The third-order valence-corrected chi connectivity index (χ3v) is 3.71. The molecule has 5 heteroatoms.